The van der Waals surface area contributed by atoms with E-state index in [4.69, 9.17) is 4.74 Å². The van der Waals surface area contributed by atoms with Crippen LogP contribution in [0.15, 0.2) is 30.6 Å². The first-order valence-electron chi connectivity index (χ1n) is 9.40. The zero-order chi connectivity index (χ0) is 21.3. The van der Waals surface area contributed by atoms with Crippen molar-refractivity contribution in [2.24, 2.45) is 5.92 Å². The summed E-state index contributed by atoms with van der Waals surface area (Å²) in [4.78, 5) is 5.78. The van der Waals surface area contributed by atoms with E-state index in [0.717, 1.165) is 12.1 Å². The summed E-state index contributed by atoms with van der Waals surface area (Å²) in [6, 6.07) is 3.62. The highest BCUT2D eigenvalue weighted by atomic mass is 19.4. The Kier molecular flexibility index (Phi) is 5.44. The van der Waals surface area contributed by atoms with E-state index in [1.165, 1.54) is 18.5 Å². The molecule has 0 amide bonds. The lowest BCUT2D eigenvalue weighted by molar-refractivity contribution is -0.179. The average molecular weight is 427 g/mol. The second-order valence-corrected chi connectivity index (χ2v) is 7.09. The molecule has 1 aromatic carbocycles. The Hall–Kier alpha value is -2.98. The number of nitrogens with zero attached hydrogens (tertiary/aromatic N) is 5. The van der Waals surface area contributed by atoms with Crippen molar-refractivity contribution < 1.29 is 26.7 Å². The fourth-order valence-electron chi connectivity index (χ4n) is 3.49. The van der Waals surface area contributed by atoms with Crippen LogP contribution in [0.5, 0.6) is 5.88 Å². The second kappa shape index (κ2) is 8.04. The lowest BCUT2D eigenvalue weighted by Gasteiger charge is -2.32. The third-order valence-corrected chi connectivity index (χ3v) is 5.13. The van der Waals surface area contributed by atoms with Crippen LogP contribution in [0, 0.1) is 17.6 Å². The zero-order valence-electron chi connectivity index (χ0n) is 15.7. The van der Waals surface area contributed by atoms with Gasteiger partial charge in [0, 0.05) is 19.5 Å². The summed E-state index contributed by atoms with van der Waals surface area (Å²) in [5.74, 6) is -2.47. The van der Waals surface area contributed by atoms with Crippen LogP contribution in [0.25, 0.3) is 5.65 Å². The lowest BCUT2D eigenvalue weighted by atomic mass is 9.96. The number of halogens is 5. The molecule has 1 saturated heterocycles. The molecule has 30 heavy (non-hydrogen) atoms. The van der Waals surface area contributed by atoms with E-state index < -0.39 is 23.7 Å². The molecule has 0 unspecified atom stereocenters. The van der Waals surface area contributed by atoms with E-state index in [0.29, 0.717) is 29.5 Å². The molecule has 3 aromatic rings. The van der Waals surface area contributed by atoms with E-state index in [1.807, 2.05) is 0 Å². The maximum Gasteiger partial charge on any atom is 0.391 e. The van der Waals surface area contributed by atoms with Crippen LogP contribution in [0.3, 0.4) is 0 Å². The zero-order valence-corrected chi connectivity index (χ0v) is 15.7. The number of benzene rings is 1. The van der Waals surface area contributed by atoms with E-state index in [2.05, 4.69) is 15.2 Å². The van der Waals surface area contributed by atoms with Crippen LogP contribution in [0.4, 0.5) is 27.9 Å². The fourth-order valence-corrected chi connectivity index (χ4v) is 3.49. The monoisotopic (exact) mass is 427 g/mol. The highest BCUT2D eigenvalue weighted by Crippen LogP contribution is 2.35. The van der Waals surface area contributed by atoms with Crippen LogP contribution < -0.4 is 9.64 Å². The standard InChI is InChI=1S/C19H18F5N5O/c20-14-2-1-12(9-15(14)21)5-8-30-17-11-25-10-16-26-27-18(29(16)17)28-6-3-13(4-7-28)19(22,23)24/h1-2,9-11,13H,3-8H2. The summed E-state index contributed by atoms with van der Waals surface area (Å²) < 4.78 is 72.5. The van der Waals surface area contributed by atoms with E-state index in [-0.39, 0.29) is 32.5 Å². The summed E-state index contributed by atoms with van der Waals surface area (Å²) >= 11 is 0. The average Bonchev–Trinajstić information content (AvgIpc) is 3.15. The Balaban J connectivity index is 1.48. The molecule has 1 aliphatic heterocycles. The van der Waals surface area contributed by atoms with Gasteiger partial charge in [0.2, 0.25) is 11.8 Å². The molecule has 0 bridgehead atoms. The SMILES string of the molecule is Fc1ccc(CCOc2cncc3nnc(N4CCC(C(F)(F)F)CC4)n23)cc1F. The molecule has 4 rings (SSSR count). The van der Waals surface area contributed by atoms with Crippen molar-refractivity contribution in [2.45, 2.75) is 25.4 Å². The van der Waals surface area contributed by atoms with Crippen molar-refractivity contribution in [3.8, 4) is 5.88 Å². The van der Waals surface area contributed by atoms with Crippen LogP contribution >= 0.6 is 0 Å². The molecule has 0 atom stereocenters. The third-order valence-electron chi connectivity index (χ3n) is 5.13. The number of aromatic nitrogens is 4. The predicted octanol–water partition coefficient (Wildman–Crippen LogP) is 3.80. The third kappa shape index (κ3) is 4.14. The maximum atomic E-state index is 13.3. The van der Waals surface area contributed by atoms with Gasteiger partial charge in [0.1, 0.15) is 0 Å². The number of alkyl halides is 3. The Bertz CT molecular complexity index is 1030. The van der Waals surface area contributed by atoms with E-state index in [1.54, 1.807) is 9.30 Å². The largest absolute Gasteiger partial charge is 0.477 e. The van der Waals surface area contributed by atoms with Crippen molar-refractivity contribution in [1.29, 1.82) is 0 Å². The number of ether oxygens (including phenoxy) is 1. The first-order valence-corrected chi connectivity index (χ1v) is 9.40. The number of anilines is 1. The number of hydrogen-bond acceptors (Lipinski definition) is 5. The summed E-state index contributed by atoms with van der Waals surface area (Å²) in [5.41, 5.74) is 0.959. The molecule has 0 aliphatic carbocycles. The summed E-state index contributed by atoms with van der Waals surface area (Å²) in [6.45, 7) is 0.544. The second-order valence-electron chi connectivity index (χ2n) is 7.09. The summed E-state index contributed by atoms with van der Waals surface area (Å²) in [6.07, 6.45) is -0.987. The van der Waals surface area contributed by atoms with Crippen molar-refractivity contribution in [3.63, 3.8) is 0 Å². The van der Waals surface area contributed by atoms with Gasteiger partial charge >= 0.3 is 6.18 Å². The van der Waals surface area contributed by atoms with Crippen LogP contribution in [0.1, 0.15) is 18.4 Å². The molecular formula is C19H18F5N5O. The molecule has 6 nitrogen and oxygen atoms in total. The molecule has 1 fully saturated rings. The number of piperidine rings is 1. The number of fused-ring (bicyclic) bond motifs is 1. The van der Waals surface area contributed by atoms with Crippen LogP contribution in [0.2, 0.25) is 0 Å². The van der Waals surface area contributed by atoms with Gasteiger partial charge in [-0.05, 0) is 30.5 Å². The minimum absolute atomic E-state index is 0.0180. The maximum absolute atomic E-state index is 13.3. The van der Waals surface area contributed by atoms with Crippen molar-refractivity contribution in [3.05, 3.63) is 47.8 Å². The molecule has 160 valence electrons. The highest BCUT2D eigenvalue weighted by Gasteiger charge is 2.41. The normalized spacial score (nSPS) is 15.7. The smallest absolute Gasteiger partial charge is 0.391 e. The molecule has 3 heterocycles. The molecule has 1 aliphatic rings. The van der Waals surface area contributed by atoms with Crippen molar-refractivity contribution >= 4 is 11.6 Å². The highest BCUT2D eigenvalue weighted by molar-refractivity contribution is 5.48. The van der Waals surface area contributed by atoms with Gasteiger partial charge in [-0.1, -0.05) is 6.07 Å². The molecule has 0 N–H and O–H groups in total. The van der Waals surface area contributed by atoms with Gasteiger partial charge < -0.3 is 9.64 Å². The number of hydrogen-bond donors (Lipinski definition) is 0. The van der Waals surface area contributed by atoms with Gasteiger partial charge in [-0.2, -0.15) is 13.2 Å². The van der Waals surface area contributed by atoms with Gasteiger partial charge in [-0.15, -0.1) is 10.2 Å². The molecule has 0 saturated carbocycles. The van der Waals surface area contributed by atoms with Gasteiger partial charge in [0.05, 0.1) is 24.9 Å². The van der Waals surface area contributed by atoms with Crippen molar-refractivity contribution in [1.82, 2.24) is 19.6 Å². The Morgan fingerprint density at radius 1 is 1.03 bits per heavy atom. The first kappa shape index (κ1) is 20.3. The number of rotatable bonds is 5. The fraction of sp³-hybridized carbons (Fsp3) is 0.421. The first-order chi connectivity index (χ1) is 14.3. The van der Waals surface area contributed by atoms with Crippen LogP contribution in [-0.4, -0.2) is 45.5 Å². The van der Waals surface area contributed by atoms with E-state index in [9.17, 15) is 22.0 Å². The van der Waals surface area contributed by atoms with Gasteiger partial charge in [0.15, 0.2) is 17.3 Å². The van der Waals surface area contributed by atoms with Crippen molar-refractivity contribution in [2.75, 3.05) is 24.6 Å². The predicted molar refractivity (Wildman–Crippen MR) is 97.3 cm³/mol. The quantitative estimate of drug-likeness (QED) is 0.580. The molecule has 11 heteroatoms. The Labute approximate surface area is 168 Å². The molecule has 0 radical (unpaired) electrons. The van der Waals surface area contributed by atoms with Crippen LogP contribution in [-0.2, 0) is 6.42 Å². The Morgan fingerprint density at radius 2 is 1.80 bits per heavy atom. The van der Waals surface area contributed by atoms with Gasteiger partial charge in [-0.25, -0.2) is 13.2 Å². The molecule has 2 aromatic heterocycles. The Morgan fingerprint density at radius 3 is 2.50 bits per heavy atom. The molecular weight excluding hydrogens is 409 g/mol. The topological polar surface area (TPSA) is 55.6 Å². The lowest BCUT2D eigenvalue weighted by Crippen LogP contribution is -2.39. The summed E-state index contributed by atoms with van der Waals surface area (Å²) in [5, 5.41) is 8.13. The minimum Gasteiger partial charge on any atom is -0.477 e. The molecule has 0 spiro atoms. The minimum atomic E-state index is -4.20. The summed E-state index contributed by atoms with van der Waals surface area (Å²) in [7, 11) is 0. The van der Waals surface area contributed by atoms with Gasteiger partial charge in [-0.3, -0.25) is 4.98 Å². The van der Waals surface area contributed by atoms with E-state index >= 15 is 0 Å². The van der Waals surface area contributed by atoms with Gasteiger partial charge in [0.25, 0.3) is 0 Å².